The SMILES string of the molecule is COc1cccc(Cl)c1-c1nccc(N2CC[C@H](O)C2)n1. The minimum Gasteiger partial charge on any atom is -0.496 e. The van der Waals surface area contributed by atoms with Crippen LogP contribution in [-0.2, 0) is 0 Å². The molecule has 1 aromatic carbocycles. The average Bonchev–Trinajstić information content (AvgIpc) is 2.93. The number of aromatic nitrogens is 2. The second kappa shape index (κ2) is 5.87. The van der Waals surface area contributed by atoms with Gasteiger partial charge in [0.05, 0.1) is 23.8 Å². The van der Waals surface area contributed by atoms with Crippen molar-refractivity contribution in [2.45, 2.75) is 12.5 Å². The van der Waals surface area contributed by atoms with Crippen molar-refractivity contribution in [3.8, 4) is 17.1 Å². The van der Waals surface area contributed by atoms with Gasteiger partial charge in [-0.25, -0.2) is 9.97 Å². The lowest BCUT2D eigenvalue weighted by Gasteiger charge is -2.17. The number of hydrogen-bond donors (Lipinski definition) is 1. The van der Waals surface area contributed by atoms with E-state index in [4.69, 9.17) is 16.3 Å². The maximum absolute atomic E-state index is 9.65. The first kappa shape index (κ1) is 14.1. The van der Waals surface area contributed by atoms with Gasteiger partial charge in [0.25, 0.3) is 0 Å². The van der Waals surface area contributed by atoms with Crippen LogP contribution in [0.2, 0.25) is 5.02 Å². The van der Waals surface area contributed by atoms with Gasteiger partial charge in [0, 0.05) is 19.3 Å². The number of aliphatic hydroxyl groups excluding tert-OH is 1. The van der Waals surface area contributed by atoms with Crippen LogP contribution in [0.15, 0.2) is 30.5 Å². The summed E-state index contributed by atoms with van der Waals surface area (Å²) in [5, 5.41) is 10.2. The third-order valence-corrected chi connectivity index (χ3v) is 3.86. The van der Waals surface area contributed by atoms with E-state index in [2.05, 4.69) is 9.97 Å². The smallest absolute Gasteiger partial charge is 0.166 e. The maximum atomic E-state index is 9.65. The van der Waals surface area contributed by atoms with Crippen molar-refractivity contribution in [2.75, 3.05) is 25.1 Å². The van der Waals surface area contributed by atoms with Gasteiger partial charge < -0.3 is 14.7 Å². The quantitative estimate of drug-likeness (QED) is 0.943. The number of hydrogen-bond acceptors (Lipinski definition) is 5. The van der Waals surface area contributed by atoms with Crippen LogP contribution in [0.25, 0.3) is 11.4 Å². The lowest BCUT2D eigenvalue weighted by Crippen LogP contribution is -2.22. The molecule has 2 heterocycles. The molecule has 1 fully saturated rings. The number of nitrogens with zero attached hydrogens (tertiary/aromatic N) is 3. The van der Waals surface area contributed by atoms with Crippen LogP contribution >= 0.6 is 11.6 Å². The summed E-state index contributed by atoms with van der Waals surface area (Å²) in [6.07, 6.45) is 2.16. The molecule has 6 heteroatoms. The van der Waals surface area contributed by atoms with E-state index in [1.54, 1.807) is 19.4 Å². The van der Waals surface area contributed by atoms with Gasteiger partial charge in [-0.2, -0.15) is 0 Å². The highest BCUT2D eigenvalue weighted by atomic mass is 35.5. The van der Waals surface area contributed by atoms with E-state index in [9.17, 15) is 5.11 Å². The summed E-state index contributed by atoms with van der Waals surface area (Å²) in [6, 6.07) is 7.28. The number of aliphatic hydroxyl groups is 1. The molecule has 1 N–H and O–H groups in total. The Labute approximate surface area is 128 Å². The normalized spacial score (nSPS) is 18.0. The number of benzene rings is 1. The van der Waals surface area contributed by atoms with Crippen molar-refractivity contribution in [2.24, 2.45) is 0 Å². The highest BCUT2D eigenvalue weighted by Gasteiger charge is 2.22. The summed E-state index contributed by atoms with van der Waals surface area (Å²) >= 11 is 6.26. The zero-order valence-corrected chi connectivity index (χ0v) is 12.4. The van der Waals surface area contributed by atoms with Gasteiger partial charge in [0.2, 0.25) is 0 Å². The number of ether oxygens (including phenoxy) is 1. The molecular formula is C15H16ClN3O2. The molecule has 0 radical (unpaired) electrons. The molecule has 2 aromatic rings. The van der Waals surface area contributed by atoms with Gasteiger partial charge in [0.1, 0.15) is 11.6 Å². The van der Waals surface area contributed by atoms with Gasteiger partial charge in [0.15, 0.2) is 5.82 Å². The molecule has 3 rings (SSSR count). The minimum atomic E-state index is -0.293. The second-order valence-corrected chi connectivity index (χ2v) is 5.35. The van der Waals surface area contributed by atoms with Crippen LogP contribution < -0.4 is 9.64 Å². The lowest BCUT2D eigenvalue weighted by atomic mass is 10.2. The van der Waals surface area contributed by atoms with E-state index in [-0.39, 0.29) is 6.10 Å². The molecule has 0 unspecified atom stereocenters. The first-order valence-electron chi connectivity index (χ1n) is 6.78. The van der Waals surface area contributed by atoms with Crippen molar-refractivity contribution < 1.29 is 9.84 Å². The molecule has 5 nitrogen and oxygen atoms in total. The molecular weight excluding hydrogens is 290 g/mol. The molecule has 0 saturated carbocycles. The Balaban J connectivity index is 2.00. The molecule has 21 heavy (non-hydrogen) atoms. The second-order valence-electron chi connectivity index (χ2n) is 4.94. The summed E-state index contributed by atoms with van der Waals surface area (Å²) in [7, 11) is 1.59. The number of halogens is 1. The molecule has 1 saturated heterocycles. The van der Waals surface area contributed by atoms with Gasteiger partial charge in [-0.1, -0.05) is 17.7 Å². The van der Waals surface area contributed by atoms with Gasteiger partial charge in [-0.15, -0.1) is 0 Å². The Bertz CT molecular complexity index is 651. The Morgan fingerprint density at radius 1 is 1.38 bits per heavy atom. The molecule has 1 aromatic heterocycles. The largest absolute Gasteiger partial charge is 0.496 e. The Morgan fingerprint density at radius 2 is 2.24 bits per heavy atom. The minimum absolute atomic E-state index is 0.293. The van der Waals surface area contributed by atoms with E-state index in [0.717, 1.165) is 18.8 Å². The predicted molar refractivity (Wildman–Crippen MR) is 81.9 cm³/mol. The summed E-state index contributed by atoms with van der Waals surface area (Å²) in [6.45, 7) is 1.38. The zero-order chi connectivity index (χ0) is 14.8. The van der Waals surface area contributed by atoms with E-state index in [0.29, 0.717) is 28.7 Å². The fraction of sp³-hybridized carbons (Fsp3) is 0.333. The van der Waals surface area contributed by atoms with Crippen LogP contribution in [0.4, 0.5) is 5.82 Å². The molecule has 0 aliphatic carbocycles. The molecule has 1 aliphatic heterocycles. The van der Waals surface area contributed by atoms with E-state index in [1.165, 1.54) is 0 Å². The zero-order valence-electron chi connectivity index (χ0n) is 11.7. The summed E-state index contributed by atoms with van der Waals surface area (Å²) < 4.78 is 5.34. The van der Waals surface area contributed by atoms with E-state index in [1.807, 2.05) is 23.1 Å². The maximum Gasteiger partial charge on any atom is 0.166 e. The van der Waals surface area contributed by atoms with Crippen LogP contribution in [0, 0.1) is 0 Å². The standard InChI is InChI=1S/C15H16ClN3O2/c1-21-12-4-2-3-11(16)14(12)15-17-7-5-13(18-15)19-8-6-10(20)9-19/h2-5,7,10,20H,6,8-9H2,1H3/t10-/m0/s1. The molecule has 110 valence electrons. The molecule has 1 aliphatic rings. The van der Waals surface area contributed by atoms with E-state index < -0.39 is 0 Å². The van der Waals surface area contributed by atoms with Gasteiger partial charge in [-0.05, 0) is 24.6 Å². The number of anilines is 1. The first-order chi connectivity index (χ1) is 10.2. The third-order valence-electron chi connectivity index (χ3n) is 3.55. The first-order valence-corrected chi connectivity index (χ1v) is 7.16. The number of β-amino-alcohol motifs (C(OH)–C–C–N with tert-alkyl or cyclic N) is 1. The average molecular weight is 306 g/mol. The van der Waals surface area contributed by atoms with Crippen LogP contribution in [0.5, 0.6) is 5.75 Å². The van der Waals surface area contributed by atoms with Crippen molar-refractivity contribution in [3.05, 3.63) is 35.5 Å². The lowest BCUT2D eigenvalue weighted by molar-refractivity contribution is 0.198. The topological polar surface area (TPSA) is 58.5 Å². The van der Waals surface area contributed by atoms with Crippen molar-refractivity contribution >= 4 is 17.4 Å². The Hall–Kier alpha value is -1.85. The van der Waals surface area contributed by atoms with Gasteiger partial charge >= 0.3 is 0 Å². The Morgan fingerprint density at radius 3 is 2.95 bits per heavy atom. The number of methoxy groups -OCH3 is 1. The van der Waals surface area contributed by atoms with Gasteiger partial charge in [-0.3, -0.25) is 0 Å². The van der Waals surface area contributed by atoms with Crippen LogP contribution in [-0.4, -0.2) is 41.4 Å². The van der Waals surface area contributed by atoms with Crippen LogP contribution in [0.1, 0.15) is 6.42 Å². The molecule has 0 bridgehead atoms. The van der Waals surface area contributed by atoms with Crippen LogP contribution in [0.3, 0.4) is 0 Å². The molecule has 0 spiro atoms. The summed E-state index contributed by atoms with van der Waals surface area (Å²) in [5.74, 6) is 1.95. The van der Waals surface area contributed by atoms with E-state index >= 15 is 0 Å². The third kappa shape index (κ3) is 2.80. The van der Waals surface area contributed by atoms with Crippen molar-refractivity contribution in [1.82, 2.24) is 9.97 Å². The Kier molecular flexibility index (Phi) is 3.94. The highest BCUT2D eigenvalue weighted by Crippen LogP contribution is 2.35. The fourth-order valence-corrected chi connectivity index (χ4v) is 2.74. The summed E-state index contributed by atoms with van der Waals surface area (Å²) in [4.78, 5) is 10.9. The number of rotatable bonds is 3. The van der Waals surface area contributed by atoms with Crippen molar-refractivity contribution in [1.29, 1.82) is 0 Å². The molecule has 1 atom stereocenters. The highest BCUT2D eigenvalue weighted by molar-refractivity contribution is 6.33. The predicted octanol–water partition coefficient (Wildman–Crippen LogP) is 2.38. The summed E-state index contributed by atoms with van der Waals surface area (Å²) in [5.41, 5.74) is 0.684. The van der Waals surface area contributed by atoms with Crippen molar-refractivity contribution in [3.63, 3.8) is 0 Å². The fourth-order valence-electron chi connectivity index (χ4n) is 2.49. The monoisotopic (exact) mass is 305 g/mol. The molecule has 0 amide bonds.